The first-order chi connectivity index (χ1) is 9.56. The minimum atomic E-state index is -1.00. The Morgan fingerprint density at radius 2 is 2.35 bits per heavy atom. The van der Waals surface area contributed by atoms with Crippen molar-refractivity contribution in [3.05, 3.63) is 45.4 Å². The zero-order valence-corrected chi connectivity index (χ0v) is 11.1. The summed E-state index contributed by atoms with van der Waals surface area (Å²) in [5, 5.41) is 13.6. The molecule has 0 spiro atoms. The fourth-order valence-corrected chi connectivity index (χ4v) is 2.59. The summed E-state index contributed by atoms with van der Waals surface area (Å²) in [5.41, 5.74) is 0.383. The molecule has 1 aliphatic rings. The summed E-state index contributed by atoms with van der Waals surface area (Å²) < 4.78 is 2.52. The molecule has 0 radical (unpaired) electrons. The molecule has 1 N–H and O–H groups in total. The summed E-state index contributed by atoms with van der Waals surface area (Å²) in [4.78, 5) is 27.2. The van der Waals surface area contributed by atoms with Gasteiger partial charge in [-0.25, -0.2) is 19.3 Å². The van der Waals surface area contributed by atoms with Crippen LogP contribution in [0.4, 0.5) is 0 Å². The summed E-state index contributed by atoms with van der Waals surface area (Å²) in [6.45, 7) is 0.243. The molecule has 0 bridgehead atoms. The summed E-state index contributed by atoms with van der Waals surface area (Å²) in [7, 11) is 0. The van der Waals surface area contributed by atoms with Gasteiger partial charge in [0.1, 0.15) is 17.0 Å². The number of hydrogen-bond acceptors (Lipinski definition) is 4. The number of aliphatic carboxylic acids is 1. The van der Waals surface area contributed by atoms with E-state index in [4.69, 9.17) is 16.7 Å². The van der Waals surface area contributed by atoms with Crippen LogP contribution in [0.1, 0.15) is 23.9 Å². The van der Waals surface area contributed by atoms with Crippen LogP contribution in [-0.2, 0) is 17.8 Å². The van der Waals surface area contributed by atoms with Gasteiger partial charge in [-0.3, -0.25) is 4.57 Å². The molecule has 7 nitrogen and oxygen atoms in total. The molecule has 0 saturated carbocycles. The van der Waals surface area contributed by atoms with Crippen LogP contribution in [0.3, 0.4) is 0 Å². The molecule has 1 aliphatic heterocycles. The first kappa shape index (κ1) is 12.9. The molecule has 0 aliphatic carbocycles. The van der Waals surface area contributed by atoms with Crippen LogP contribution in [0.25, 0.3) is 0 Å². The van der Waals surface area contributed by atoms with E-state index >= 15 is 0 Å². The first-order valence-corrected chi connectivity index (χ1v) is 6.45. The molecule has 2 aromatic rings. The van der Waals surface area contributed by atoms with E-state index in [0.29, 0.717) is 23.8 Å². The number of aryl methyl sites for hydroxylation is 1. The minimum absolute atomic E-state index is 0.243. The smallest absolute Gasteiger partial charge is 0.347 e. The molecule has 2 aromatic heterocycles. The molecule has 0 unspecified atom stereocenters. The highest BCUT2D eigenvalue weighted by atomic mass is 35.5. The van der Waals surface area contributed by atoms with Crippen LogP contribution >= 0.6 is 11.6 Å². The zero-order valence-electron chi connectivity index (χ0n) is 10.4. The third kappa shape index (κ3) is 2.09. The van der Waals surface area contributed by atoms with E-state index in [0.717, 1.165) is 5.56 Å². The predicted molar refractivity (Wildman–Crippen MR) is 69.8 cm³/mol. The monoisotopic (exact) mass is 294 g/mol. The maximum atomic E-state index is 12.2. The maximum Gasteiger partial charge on any atom is 0.347 e. The van der Waals surface area contributed by atoms with E-state index in [2.05, 4.69) is 10.1 Å². The third-order valence-corrected chi connectivity index (χ3v) is 3.51. The number of carboxylic acids is 1. The number of fused-ring (bicyclic) bond motifs is 1. The lowest BCUT2D eigenvalue weighted by atomic mass is 10.2. The Morgan fingerprint density at radius 3 is 3.05 bits per heavy atom. The second-order valence-electron chi connectivity index (χ2n) is 4.61. The summed E-state index contributed by atoms with van der Waals surface area (Å²) >= 11 is 5.79. The standard InChI is InChI=1S/C12H11ClN4O3/c13-9-5-7(3-4-14-9)6-16-12(20)17-8(11(18)19)1-2-10(17)15-16/h3-5,8H,1-2,6H2,(H,18,19)/t8-/m0/s1. The molecule has 8 heteroatoms. The van der Waals surface area contributed by atoms with Gasteiger partial charge >= 0.3 is 11.7 Å². The lowest BCUT2D eigenvalue weighted by Crippen LogP contribution is -2.30. The number of carbonyl (C=O) groups is 1. The Morgan fingerprint density at radius 1 is 1.55 bits per heavy atom. The van der Waals surface area contributed by atoms with Gasteiger partial charge in [-0.05, 0) is 24.1 Å². The topological polar surface area (TPSA) is 90.0 Å². The Hall–Kier alpha value is -2.15. The van der Waals surface area contributed by atoms with Gasteiger partial charge in [-0.15, -0.1) is 0 Å². The fourth-order valence-electron chi connectivity index (χ4n) is 2.39. The van der Waals surface area contributed by atoms with Crippen molar-refractivity contribution < 1.29 is 9.90 Å². The Kier molecular flexibility index (Phi) is 3.06. The zero-order chi connectivity index (χ0) is 14.3. The van der Waals surface area contributed by atoms with Gasteiger partial charge in [-0.2, -0.15) is 5.10 Å². The number of nitrogens with zero attached hydrogens (tertiary/aromatic N) is 4. The lowest BCUT2D eigenvalue weighted by molar-refractivity contribution is -0.140. The average molecular weight is 295 g/mol. The largest absolute Gasteiger partial charge is 0.480 e. The summed E-state index contributed by atoms with van der Waals surface area (Å²) in [6.07, 6.45) is 2.46. The van der Waals surface area contributed by atoms with Crippen molar-refractivity contribution >= 4 is 17.6 Å². The third-order valence-electron chi connectivity index (χ3n) is 3.30. The number of hydrogen-bond donors (Lipinski definition) is 1. The Bertz CT molecular complexity index is 737. The molecule has 0 saturated heterocycles. The van der Waals surface area contributed by atoms with Crippen molar-refractivity contribution in [2.45, 2.75) is 25.4 Å². The van der Waals surface area contributed by atoms with E-state index < -0.39 is 17.7 Å². The second-order valence-corrected chi connectivity index (χ2v) is 4.99. The highest BCUT2D eigenvalue weighted by Crippen LogP contribution is 2.22. The number of halogens is 1. The molecule has 104 valence electrons. The highest BCUT2D eigenvalue weighted by Gasteiger charge is 2.32. The van der Waals surface area contributed by atoms with Crippen LogP contribution in [-0.4, -0.2) is 30.4 Å². The molecular weight excluding hydrogens is 284 g/mol. The van der Waals surface area contributed by atoms with Crippen LogP contribution in [0.15, 0.2) is 23.1 Å². The Labute approximate surface area is 118 Å². The SMILES string of the molecule is O=C(O)[C@@H]1CCc2nn(Cc3ccnc(Cl)c3)c(=O)n21. The van der Waals surface area contributed by atoms with Crippen LogP contribution in [0.2, 0.25) is 5.15 Å². The van der Waals surface area contributed by atoms with Gasteiger partial charge in [0, 0.05) is 12.6 Å². The molecule has 0 amide bonds. The van der Waals surface area contributed by atoms with Crippen molar-refractivity contribution in [3.8, 4) is 0 Å². The quantitative estimate of drug-likeness (QED) is 0.842. The van der Waals surface area contributed by atoms with E-state index in [1.807, 2.05) is 0 Å². The van der Waals surface area contributed by atoms with E-state index in [-0.39, 0.29) is 6.54 Å². The first-order valence-electron chi connectivity index (χ1n) is 6.07. The lowest BCUT2D eigenvalue weighted by Gasteiger charge is -2.05. The van der Waals surface area contributed by atoms with Gasteiger partial charge < -0.3 is 5.11 Å². The van der Waals surface area contributed by atoms with Gasteiger partial charge in [0.15, 0.2) is 0 Å². The van der Waals surface area contributed by atoms with Crippen molar-refractivity contribution in [1.82, 2.24) is 19.3 Å². The molecule has 0 fully saturated rings. The van der Waals surface area contributed by atoms with Gasteiger partial charge in [-0.1, -0.05) is 11.6 Å². The van der Waals surface area contributed by atoms with Crippen molar-refractivity contribution in [2.24, 2.45) is 0 Å². The molecule has 3 rings (SSSR count). The molecule has 20 heavy (non-hydrogen) atoms. The normalized spacial score (nSPS) is 17.1. The average Bonchev–Trinajstić information content (AvgIpc) is 2.92. The number of rotatable bonds is 3. The maximum absolute atomic E-state index is 12.2. The van der Waals surface area contributed by atoms with E-state index in [9.17, 15) is 9.59 Å². The van der Waals surface area contributed by atoms with E-state index in [1.54, 1.807) is 18.3 Å². The number of carboxylic acid groups (broad SMARTS) is 1. The van der Waals surface area contributed by atoms with Crippen molar-refractivity contribution in [3.63, 3.8) is 0 Å². The van der Waals surface area contributed by atoms with Gasteiger partial charge in [0.05, 0.1) is 6.54 Å². The molecular formula is C12H11ClN4O3. The predicted octanol–water partition coefficient (Wildman–Crippen LogP) is 0.713. The van der Waals surface area contributed by atoms with Crippen LogP contribution < -0.4 is 5.69 Å². The van der Waals surface area contributed by atoms with Gasteiger partial charge in [0.25, 0.3) is 0 Å². The molecule has 3 heterocycles. The van der Waals surface area contributed by atoms with Crippen molar-refractivity contribution in [1.29, 1.82) is 0 Å². The molecule has 0 aromatic carbocycles. The second kappa shape index (κ2) is 4.75. The number of aromatic nitrogens is 4. The van der Waals surface area contributed by atoms with Crippen molar-refractivity contribution in [2.75, 3.05) is 0 Å². The summed E-state index contributed by atoms with van der Waals surface area (Å²) in [6, 6.07) is 2.57. The van der Waals surface area contributed by atoms with Gasteiger partial charge in [0.2, 0.25) is 0 Å². The van der Waals surface area contributed by atoms with Crippen LogP contribution in [0, 0.1) is 0 Å². The minimum Gasteiger partial charge on any atom is -0.480 e. The number of pyridine rings is 1. The van der Waals surface area contributed by atoms with Crippen LogP contribution in [0.5, 0.6) is 0 Å². The Balaban J connectivity index is 1.96. The highest BCUT2D eigenvalue weighted by molar-refractivity contribution is 6.29. The molecule has 1 atom stereocenters. The fraction of sp³-hybridized carbons (Fsp3) is 0.333. The summed E-state index contributed by atoms with van der Waals surface area (Å²) in [5.74, 6) is -0.486. The van der Waals surface area contributed by atoms with E-state index in [1.165, 1.54) is 9.25 Å².